The first-order valence-electron chi connectivity index (χ1n) is 11.1. The number of rotatable bonds is 6. The number of hydrogen-bond donors (Lipinski definition) is 0. The van der Waals surface area contributed by atoms with Crippen LogP contribution in [0.4, 0.5) is 5.69 Å². The van der Waals surface area contributed by atoms with E-state index in [1.807, 2.05) is 12.1 Å². The highest BCUT2D eigenvalue weighted by Crippen LogP contribution is 2.37. The van der Waals surface area contributed by atoms with Crippen LogP contribution in [0.15, 0.2) is 71.9 Å². The number of benzene rings is 3. The maximum atomic E-state index is 13.9. The summed E-state index contributed by atoms with van der Waals surface area (Å²) >= 11 is 18.1. The normalized spacial score (nSPS) is 11.9. The van der Waals surface area contributed by atoms with Gasteiger partial charge in [-0.05, 0) is 67.6 Å². The Morgan fingerprint density at radius 1 is 0.919 bits per heavy atom. The lowest BCUT2D eigenvalue weighted by atomic mass is 9.99. The van der Waals surface area contributed by atoms with E-state index in [-0.39, 0.29) is 25.9 Å². The number of carbonyl (C=O) groups is 1. The fourth-order valence-electron chi connectivity index (χ4n) is 3.81. The molecule has 0 amide bonds. The van der Waals surface area contributed by atoms with E-state index in [1.165, 1.54) is 18.2 Å². The zero-order chi connectivity index (χ0) is 27.0. The molecule has 11 heteroatoms. The highest BCUT2D eigenvalue weighted by Gasteiger charge is 2.31. The second-order valence-electron chi connectivity index (χ2n) is 9.12. The average Bonchev–Trinajstić information content (AvgIpc) is 2.80. The van der Waals surface area contributed by atoms with E-state index in [0.29, 0.717) is 10.9 Å². The summed E-state index contributed by atoms with van der Waals surface area (Å²) in [5.74, 6) is -0.719. The number of halogens is 3. The summed E-state index contributed by atoms with van der Waals surface area (Å²) in [6, 6.07) is 14.6. The molecule has 0 aliphatic rings. The molecule has 0 bridgehead atoms. The molecule has 7 nitrogen and oxygen atoms in total. The highest BCUT2D eigenvalue weighted by atomic mass is 35.5. The molecule has 0 aliphatic carbocycles. The summed E-state index contributed by atoms with van der Waals surface area (Å²) in [7, 11) is -4.30. The number of hydrogen-bond acceptors (Lipinski definition) is 6. The number of aromatic nitrogens is 2. The summed E-state index contributed by atoms with van der Waals surface area (Å²) in [4.78, 5) is 20.8. The summed E-state index contributed by atoms with van der Waals surface area (Å²) in [5, 5.41) is 1.70. The molecule has 4 rings (SSSR count). The van der Waals surface area contributed by atoms with Gasteiger partial charge in [-0.2, -0.15) is 0 Å². The van der Waals surface area contributed by atoms with Crippen molar-refractivity contribution in [3.8, 4) is 11.1 Å². The van der Waals surface area contributed by atoms with E-state index in [4.69, 9.17) is 39.5 Å². The third-order valence-corrected chi connectivity index (χ3v) is 7.58. The number of carbonyl (C=O) groups excluding carboxylic acids is 1. The van der Waals surface area contributed by atoms with Crippen molar-refractivity contribution < 1.29 is 17.9 Å². The molecule has 0 atom stereocenters. The third kappa shape index (κ3) is 6.15. The Morgan fingerprint density at radius 2 is 1.51 bits per heavy atom. The van der Waals surface area contributed by atoms with Crippen LogP contribution in [-0.2, 0) is 19.6 Å². The maximum absolute atomic E-state index is 13.9. The van der Waals surface area contributed by atoms with Crippen LogP contribution >= 0.6 is 34.8 Å². The van der Waals surface area contributed by atoms with Gasteiger partial charge in [-0.15, -0.1) is 0 Å². The van der Waals surface area contributed by atoms with E-state index in [2.05, 4.69) is 9.97 Å². The van der Waals surface area contributed by atoms with Crippen molar-refractivity contribution in [3.05, 3.63) is 82.3 Å². The molecule has 0 saturated carbocycles. The number of ether oxygens (including phenoxy) is 1. The largest absolute Gasteiger partial charge is 0.459 e. The molecule has 0 saturated heterocycles. The molecule has 0 fully saturated rings. The van der Waals surface area contributed by atoms with E-state index < -0.39 is 28.1 Å². The van der Waals surface area contributed by atoms with Gasteiger partial charge in [0.1, 0.15) is 12.1 Å². The molecule has 37 heavy (non-hydrogen) atoms. The van der Waals surface area contributed by atoms with Crippen molar-refractivity contribution in [2.75, 3.05) is 10.8 Å². The van der Waals surface area contributed by atoms with Crippen LogP contribution in [0.2, 0.25) is 15.3 Å². The second-order valence-corrected chi connectivity index (χ2v) is 12.2. The first-order valence-corrected chi connectivity index (χ1v) is 13.6. The fraction of sp³-hybridized carbons (Fsp3) is 0.192. The Balaban J connectivity index is 1.92. The number of anilines is 1. The standard InChI is InChI=1S/C26H22Cl3N3O4S/c1-26(2,3)36-24(33)15-32(37(34,35)19-11-17(27)10-18(28)12-19)23-9-5-7-21-20(6-4-8-22(21)23)16-13-30-25(29)31-14-16/h4-14H,15H2,1-3H3. The molecule has 0 spiro atoms. The molecular formula is C26H22Cl3N3O4S. The van der Waals surface area contributed by atoms with Gasteiger partial charge in [-0.1, -0.05) is 53.5 Å². The highest BCUT2D eigenvalue weighted by molar-refractivity contribution is 7.93. The van der Waals surface area contributed by atoms with Crippen molar-refractivity contribution >= 4 is 67.3 Å². The molecular weight excluding hydrogens is 557 g/mol. The average molecular weight is 579 g/mol. The summed E-state index contributed by atoms with van der Waals surface area (Å²) in [5.41, 5.74) is 0.912. The van der Waals surface area contributed by atoms with Crippen molar-refractivity contribution in [1.82, 2.24) is 9.97 Å². The molecule has 4 aromatic rings. The Labute approximate surface area is 230 Å². The second kappa shape index (κ2) is 10.5. The molecule has 1 heterocycles. The minimum atomic E-state index is -4.30. The van der Waals surface area contributed by atoms with Gasteiger partial charge in [0.25, 0.3) is 10.0 Å². The van der Waals surface area contributed by atoms with Crippen LogP contribution in [0.1, 0.15) is 20.8 Å². The van der Waals surface area contributed by atoms with Crippen molar-refractivity contribution in [2.24, 2.45) is 0 Å². The zero-order valence-electron chi connectivity index (χ0n) is 20.1. The Bertz CT molecular complexity index is 1570. The van der Waals surface area contributed by atoms with E-state index in [1.54, 1.807) is 57.4 Å². The molecule has 0 aliphatic heterocycles. The summed E-state index contributed by atoms with van der Waals surface area (Å²) < 4.78 is 34.3. The molecule has 0 radical (unpaired) electrons. The van der Waals surface area contributed by atoms with E-state index >= 15 is 0 Å². The molecule has 0 unspecified atom stereocenters. The van der Waals surface area contributed by atoms with E-state index in [0.717, 1.165) is 15.3 Å². The first kappa shape index (κ1) is 27.1. The van der Waals surface area contributed by atoms with Gasteiger partial charge in [0.15, 0.2) is 0 Å². The number of sulfonamides is 1. The fourth-order valence-corrected chi connectivity index (χ4v) is 6.06. The number of fused-ring (bicyclic) bond motifs is 1. The monoisotopic (exact) mass is 577 g/mol. The Kier molecular flexibility index (Phi) is 7.67. The van der Waals surface area contributed by atoms with Gasteiger partial charge in [0.2, 0.25) is 5.28 Å². The molecule has 192 valence electrons. The van der Waals surface area contributed by atoms with Crippen LogP contribution in [0.25, 0.3) is 21.9 Å². The molecule has 0 N–H and O–H groups in total. The summed E-state index contributed by atoms with van der Waals surface area (Å²) in [6.45, 7) is 4.55. The van der Waals surface area contributed by atoms with Crippen molar-refractivity contribution in [3.63, 3.8) is 0 Å². The predicted molar refractivity (Wildman–Crippen MR) is 147 cm³/mol. The van der Waals surface area contributed by atoms with Crippen LogP contribution < -0.4 is 4.31 Å². The van der Waals surface area contributed by atoms with Crippen LogP contribution in [-0.4, -0.2) is 36.5 Å². The van der Waals surface area contributed by atoms with Crippen LogP contribution in [0, 0.1) is 0 Å². The first-order chi connectivity index (χ1) is 17.3. The van der Waals surface area contributed by atoms with Gasteiger partial charge < -0.3 is 4.74 Å². The smallest absolute Gasteiger partial charge is 0.327 e. The minimum Gasteiger partial charge on any atom is -0.459 e. The van der Waals surface area contributed by atoms with Crippen molar-refractivity contribution in [2.45, 2.75) is 31.3 Å². The minimum absolute atomic E-state index is 0.111. The SMILES string of the molecule is CC(C)(C)OC(=O)CN(c1cccc2c(-c3cnc(Cl)nc3)cccc12)S(=O)(=O)c1cc(Cl)cc(Cl)c1. The third-order valence-electron chi connectivity index (χ3n) is 5.22. The number of esters is 1. The lowest BCUT2D eigenvalue weighted by Gasteiger charge is -2.27. The van der Waals surface area contributed by atoms with Crippen LogP contribution in [0.5, 0.6) is 0 Å². The van der Waals surface area contributed by atoms with E-state index in [9.17, 15) is 13.2 Å². The zero-order valence-corrected chi connectivity index (χ0v) is 23.2. The van der Waals surface area contributed by atoms with Gasteiger partial charge in [0, 0.05) is 33.4 Å². The maximum Gasteiger partial charge on any atom is 0.327 e. The van der Waals surface area contributed by atoms with Crippen molar-refractivity contribution in [1.29, 1.82) is 0 Å². The lowest BCUT2D eigenvalue weighted by Crippen LogP contribution is -2.39. The Morgan fingerprint density at radius 3 is 2.14 bits per heavy atom. The quantitative estimate of drug-likeness (QED) is 0.185. The van der Waals surface area contributed by atoms with Gasteiger partial charge in [0.05, 0.1) is 10.6 Å². The lowest BCUT2D eigenvalue weighted by molar-refractivity contribution is -0.152. The topological polar surface area (TPSA) is 89.5 Å². The van der Waals surface area contributed by atoms with Gasteiger partial charge >= 0.3 is 5.97 Å². The summed E-state index contributed by atoms with van der Waals surface area (Å²) in [6.07, 6.45) is 3.17. The Hall–Kier alpha value is -2.91. The molecule has 1 aromatic heterocycles. The van der Waals surface area contributed by atoms with Crippen LogP contribution in [0.3, 0.4) is 0 Å². The number of nitrogens with zero attached hydrogens (tertiary/aromatic N) is 3. The molecule has 3 aromatic carbocycles. The predicted octanol–water partition coefficient (Wildman–Crippen LogP) is 6.79. The van der Waals surface area contributed by atoms with Gasteiger partial charge in [-0.25, -0.2) is 18.4 Å². The van der Waals surface area contributed by atoms with Gasteiger partial charge in [-0.3, -0.25) is 9.10 Å².